The number of benzene rings is 1. The molecule has 3 aromatic rings. The summed E-state index contributed by atoms with van der Waals surface area (Å²) in [5, 5.41) is 4.90. The number of hydrogen-bond donors (Lipinski definition) is 1. The molecule has 0 spiro atoms. The molecule has 0 aliphatic carbocycles. The fraction of sp³-hybridized carbons (Fsp3) is 0.286. The van der Waals surface area contributed by atoms with E-state index >= 15 is 0 Å². The number of pyridine rings is 2. The molecule has 27 heavy (non-hydrogen) atoms. The summed E-state index contributed by atoms with van der Waals surface area (Å²) in [7, 11) is 0. The fourth-order valence-corrected chi connectivity index (χ4v) is 3.55. The average Bonchev–Trinajstić information content (AvgIpc) is 3.19. The number of hydrogen-bond acceptors (Lipinski definition) is 4. The lowest BCUT2D eigenvalue weighted by molar-refractivity contribution is 0.0793. The first kappa shape index (κ1) is 17.7. The van der Waals surface area contributed by atoms with Crippen LogP contribution in [0.4, 0.5) is 11.4 Å². The summed E-state index contributed by atoms with van der Waals surface area (Å²) < 4.78 is 0. The highest BCUT2D eigenvalue weighted by Crippen LogP contribution is 2.31. The summed E-state index contributed by atoms with van der Waals surface area (Å²) >= 11 is 6.29. The molecule has 1 aliphatic rings. The summed E-state index contributed by atoms with van der Waals surface area (Å²) in [5.74, 6) is 0.00295. The highest BCUT2D eigenvalue weighted by atomic mass is 35.5. The van der Waals surface area contributed by atoms with Gasteiger partial charge in [0.25, 0.3) is 5.91 Å². The number of fused-ring (bicyclic) bond motifs is 1. The average molecular weight is 381 g/mol. The molecule has 2 aromatic heterocycles. The van der Waals surface area contributed by atoms with Crippen molar-refractivity contribution in [3.8, 4) is 0 Å². The maximum absolute atomic E-state index is 13.1. The number of nitrogens with zero attached hydrogens (tertiary/aromatic N) is 3. The molecule has 4 rings (SSSR count). The van der Waals surface area contributed by atoms with E-state index in [1.165, 1.54) is 0 Å². The van der Waals surface area contributed by atoms with E-state index in [-0.39, 0.29) is 5.91 Å². The summed E-state index contributed by atoms with van der Waals surface area (Å²) in [6.45, 7) is 5.47. The number of carbonyl (C=O) groups excluding carboxylic acids is 1. The summed E-state index contributed by atoms with van der Waals surface area (Å²) in [4.78, 5) is 23.9. The first-order valence-electron chi connectivity index (χ1n) is 9.12. The van der Waals surface area contributed by atoms with Crippen molar-refractivity contribution in [2.45, 2.75) is 26.7 Å². The molecule has 6 heteroatoms. The van der Waals surface area contributed by atoms with E-state index in [0.29, 0.717) is 16.2 Å². The van der Waals surface area contributed by atoms with Gasteiger partial charge in [-0.25, -0.2) is 9.97 Å². The van der Waals surface area contributed by atoms with Crippen molar-refractivity contribution in [1.29, 1.82) is 0 Å². The zero-order chi connectivity index (χ0) is 19.0. The number of aromatic nitrogens is 2. The van der Waals surface area contributed by atoms with Crippen LogP contribution in [0.2, 0.25) is 5.02 Å². The predicted octanol–water partition coefficient (Wildman–Crippen LogP) is 4.88. The Morgan fingerprint density at radius 2 is 1.93 bits per heavy atom. The minimum absolute atomic E-state index is 0.00295. The van der Waals surface area contributed by atoms with Gasteiger partial charge in [-0.3, -0.25) is 4.79 Å². The molecule has 5 nitrogen and oxygen atoms in total. The molecule has 0 saturated carbocycles. The number of likely N-dealkylation sites (tertiary alicyclic amines) is 1. The number of aryl methyl sites for hydroxylation is 2. The first-order valence-corrected chi connectivity index (χ1v) is 9.49. The van der Waals surface area contributed by atoms with Gasteiger partial charge in [0.05, 0.1) is 11.3 Å². The molecule has 0 unspecified atom stereocenters. The molecule has 3 heterocycles. The second kappa shape index (κ2) is 7.16. The Balaban J connectivity index is 1.84. The van der Waals surface area contributed by atoms with Crippen molar-refractivity contribution < 1.29 is 4.79 Å². The third kappa shape index (κ3) is 3.47. The molecular formula is C21H21ClN4O. The smallest absolute Gasteiger partial charge is 0.257 e. The summed E-state index contributed by atoms with van der Waals surface area (Å²) in [5.41, 5.74) is 4.63. The third-order valence-corrected chi connectivity index (χ3v) is 5.34. The summed E-state index contributed by atoms with van der Waals surface area (Å²) in [6, 6.07) is 9.68. The lowest BCUT2D eigenvalue weighted by Gasteiger charge is -2.19. The normalized spacial score (nSPS) is 14.0. The highest BCUT2D eigenvalue weighted by Gasteiger charge is 2.24. The van der Waals surface area contributed by atoms with Gasteiger partial charge >= 0.3 is 0 Å². The lowest BCUT2D eigenvalue weighted by atomic mass is 10.1. The Hall–Kier alpha value is -2.66. The van der Waals surface area contributed by atoms with Gasteiger partial charge in [0.1, 0.15) is 0 Å². The number of halogens is 1. The van der Waals surface area contributed by atoms with Crippen LogP contribution in [0.1, 0.15) is 34.5 Å². The van der Waals surface area contributed by atoms with Gasteiger partial charge in [-0.05, 0) is 56.5 Å². The van der Waals surface area contributed by atoms with Gasteiger partial charge in [0.2, 0.25) is 0 Å². The van der Waals surface area contributed by atoms with Gasteiger partial charge in [0.15, 0.2) is 5.65 Å². The Morgan fingerprint density at radius 3 is 2.67 bits per heavy atom. The summed E-state index contributed by atoms with van der Waals surface area (Å²) in [6.07, 6.45) is 3.72. The van der Waals surface area contributed by atoms with Crippen molar-refractivity contribution in [3.05, 3.63) is 58.4 Å². The molecule has 0 radical (unpaired) electrons. The van der Waals surface area contributed by atoms with E-state index in [1.807, 2.05) is 49.1 Å². The van der Waals surface area contributed by atoms with Gasteiger partial charge in [0, 0.05) is 41.1 Å². The van der Waals surface area contributed by atoms with Crippen molar-refractivity contribution in [2.24, 2.45) is 0 Å². The Morgan fingerprint density at radius 1 is 1.15 bits per heavy atom. The Kier molecular flexibility index (Phi) is 4.70. The standard InChI is InChI=1S/C21H21ClN4O/c1-13-5-7-15(11-18(13)22)25-19-16-8-6-14(2)24-20(16)23-12-17(19)21(27)26-9-3-4-10-26/h5-8,11-12H,3-4,9-10H2,1-2H3,(H,23,24,25). The quantitative estimate of drug-likeness (QED) is 0.703. The third-order valence-electron chi connectivity index (χ3n) is 4.93. The van der Waals surface area contributed by atoms with E-state index in [1.54, 1.807) is 6.20 Å². The van der Waals surface area contributed by atoms with Gasteiger partial charge in [-0.15, -0.1) is 0 Å². The highest BCUT2D eigenvalue weighted by molar-refractivity contribution is 6.31. The molecule has 1 amide bonds. The topological polar surface area (TPSA) is 58.1 Å². The Bertz CT molecular complexity index is 1030. The second-order valence-corrected chi connectivity index (χ2v) is 7.37. The van der Waals surface area contributed by atoms with Crippen molar-refractivity contribution in [2.75, 3.05) is 18.4 Å². The predicted molar refractivity (Wildman–Crippen MR) is 109 cm³/mol. The number of nitrogens with one attached hydrogen (secondary N) is 1. The number of amides is 1. The van der Waals surface area contributed by atoms with Crippen LogP contribution < -0.4 is 5.32 Å². The zero-order valence-electron chi connectivity index (χ0n) is 15.4. The molecular weight excluding hydrogens is 360 g/mol. The van der Waals surface area contributed by atoms with E-state index in [4.69, 9.17) is 11.6 Å². The molecule has 138 valence electrons. The van der Waals surface area contributed by atoms with Crippen LogP contribution in [0, 0.1) is 13.8 Å². The molecule has 0 atom stereocenters. The van der Waals surface area contributed by atoms with Crippen LogP contribution in [0.5, 0.6) is 0 Å². The zero-order valence-corrected chi connectivity index (χ0v) is 16.2. The van der Waals surface area contributed by atoms with E-state index in [2.05, 4.69) is 15.3 Å². The van der Waals surface area contributed by atoms with Gasteiger partial charge in [-0.1, -0.05) is 17.7 Å². The van der Waals surface area contributed by atoms with E-state index in [9.17, 15) is 4.79 Å². The molecule has 1 aromatic carbocycles. The van der Waals surface area contributed by atoms with Crippen LogP contribution >= 0.6 is 11.6 Å². The first-order chi connectivity index (χ1) is 13.0. The second-order valence-electron chi connectivity index (χ2n) is 6.96. The van der Waals surface area contributed by atoms with E-state index < -0.39 is 0 Å². The SMILES string of the molecule is Cc1ccc2c(Nc3ccc(C)c(Cl)c3)c(C(=O)N3CCCC3)cnc2n1. The fourth-order valence-electron chi connectivity index (χ4n) is 3.37. The number of rotatable bonds is 3. The van der Waals surface area contributed by atoms with Crippen LogP contribution in [0.25, 0.3) is 11.0 Å². The molecule has 1 N–H and O–H groups in total. The Labute approximate surface area is 163 Å². The maximum atomic E-state index is 13.1. The maximum Gasteiger partial charge on any atom is 0.257 e. The van der Waals surface area contributed by atoms with Crippen LogP contribution in [-0.2, 0) is 0 Å². The van der Waals surface area contributed by atoms with E-state index in [0.717, 1.165) is 53.9 Å². The monoisotopic (exact) mass is 380 g/mol. The molecule has 0 bridgehead atoms. The number of carbonyl (C=O) groups is 1. The largest absolute Gasteiger partial charge is 0.354 e. The van der Waals surface area contributed by atoms with Crippen molar-refractivity contribution >= 4 is 39.9 Å². The molecule has 1 fully saturated rings. The van der Waals surface area contributed by atoms with Gasteiger partial charge < -0.3 is 10.2 Å². The molecule has 1 saturated heterocycles. The van der Waals surface area contributed by atoms with Crippen molar-refractivity contribution in [1.82, 2.24) is 14.9 Å². The number of anilines is 2. The van der Waals surface area contributed by atoms with Crippen LogP contribution in [0.15, 0.2) is 36.5 Å². The van der Waals surface area contributed by atoms with Crippen LogP contribution in [-0.4, -0.2) is 33.9 Å². The molecule has 1 aliphatic heterocycles. The van der Waals surface area contributed by atoms with Crippen LogP contribution in [0.3, 0.4) is 0 Å². The minimum atomic E-state index is 0.00295. The lowest BCUT2D eigenvalue weighted by Crippen LogP contribution is -2.28. The van der Waals surface area contributed by atoms with Gasteiger partial charge in [-0.2, -0.15) is 0 Å². The van der Waals surface area contributed by atoms with Crippen molar-refractivity contribution in [3.63, 3.8) is 0 Å². The minimum Gasteiger partial charge on any atom is -0.354 e.